The number of carbonyl (C=O) groups is 1. The van der Waals surface area contributed by atoms with E-state index in [-0.39, 0.29) is 23.1 Å². The van der Waals surface area contributed by atoms with Crippen LogP contribution in [0.15, 0.2) is 0 Å². The van der Waals surface area contributed by atoms with Gasteiger partial charge in [0.15, 0.2) is 5.69 Å². The first kappa shape index (κ1) is 14.6. The van der Waals surface area contributed by atoms with Gasteiger partial charge in [-0.25, -0.2) is 18.2 Å². The molecule has 0 bridgehead atoms. The largest absolute Gasteiger partial charge is 0.476 e. The third kappa shape index (κ3) is 2.71. The molecular formula is C14H20N2O4S. The number of sulfone groups is 1. The second-order valence-corrected chi connectivity index (χ2v) is 8.55. The van der Waals surface area contributed by atoms with Crippen LogP contribution in [0.4, 0.5) is 0 Å². The minimum Gasteiger partial charge on any atom is -0.476 e. The first-order valence-corrected chi connectivity index (χ1v) is 9.22. The number of hydrogen-bond donors (Lipinski definition) is 1. The second kappa shape index (κ2) is 5.12. The van der Waals surface area contributed by atoms with Gasteiger partial charge in [-0.3, -0.25) is 0 Å². The van der Waals surface area contributed by atoms with Gasteiger partial charge in [-0.15, -0.1) is 0 Å². The molecule has 0 spiro atoms. The minimum atomic E-state index is -2.92. The van der Waals surface area contributed by atoms with Crippen molar-refractivity contribution < 1.29 is 18.3 Å². The molecule has 2 aliphatic heterocycles. The zero-order valence-corrected chi connectivity index (χ0v) is 12.9. The fraction of sp³-hybridized carbons (Fsp3) is 0.714. The van der Waals surface area contributed by atoms with Gasteiger partial charge in [0.2, 0.25) is 0 Å². The van der Waals surface area contributed by atoms with Crippen LogP contribution in [0.2, 0.25) is 0 Å². The Morgan fingerprint density at radius 3 is 2.57 bits per heavy atom. The highest BCUT2D eigenvalue weighted by molar-refractivity contribution is 7.91. The molecule has 1 N–H and O–H groups in total. The topological polar surface area (TPSA) is 89.3 Å². The van der Waals surface area contributed by atoms with Gasteiger partial charge in [-0.2, -0.15) is 0 Å². The predicted molar refractivity (Wildman–Crippen MR) is 77.3 cm³/mol. The summed E-state index contributed by atoms with van der Waals surface area (Å²) in [5.74, 6) is 0.715. The van der Waals surface area contributed by atoms with Crippen molar-refractivity contribution in [2.45, 2.75) is 45.1 Å². The molecule has 1 aromatic rings. The van der Waals surface area contributed by atoms with Gasteiger partial charge in [-0.05, 0) is 31.6 Å². The lowest BCUT2D eigenvalue weighted by Gasteiger charge is -2.27. The highest BCUT2D eigenvalue weighted by atomic mass is 32.2. The molecule has 1 aromatic heterocycles. The quantitative estimate of drug-likeness (QED) is 0.893. The smallest absolute Gasteiger partial charge is 0.356 e. The van der Waals surface area contributed by atoms with Gasteiger partial charge in [0, 0.05) is 12.5 Å². The summed E-state index contributed by atoms with van der Waals surface area (Å²) in [5.41, 5.74) is 0.967. The predicted octanol–water partition coefficient (Wildman–Crippen LogP) is 1.46. The standard InChI is InChI=1S/C14H20N2O4S/c1-9-2-3-11-12(14(17)18)15-13(16(11)8-9)10-4-6-21(19,20)7-5-10/h9-10H,2-8H2,1H3,(H,17,18). The van der Waals surface area contributed by atoms with E-state index in [4.69, 9.17) is 0 Å². The summed E-state index contributed by atoms with van der Waals surface area (Å²) in [6.45, 7) is 2.94. The zero-order valence-electron chi connectivity index (χ0n) is 12.1. The van der Waals surface area contributed by atoms with E-state index in [9.17, 15) is 18.3 Å². The average Bonchev–Trinajstić information content (AvgIpc) is 2.77. The summed E-state index contributed by atoms with van der Waals surface area (Å²) >= 11 is 0. The van der Waals surface area contributed by atoms with Gasteiger partial charge in [-0.1, -0.05) is 6.92 Å². The van der Waals surface area contributed by atoms with Gasteiger partial charge in [0.05, 0.1) is 17.2 Å². The number of carboxylic acid groups (broad SMARTS) is 1. The number of aromatic carboxylic acids is 1. The second-order valence-electron chi connectivity index (χ2n) is 6.25. The average molecular weight is 312 g/mol. The number of imidazole rings is 1. The number of carboxylic acids is 1. The lowest BCUT2D eigenvalue weighted by Crippen LogP contribution is -2.26. The maximum atomic E-state index is 11.6. The molecule has 7 heteroatoms. The van der Waals surface area contributed by atoms with E-state index >= 15 is 0 Å². The fourth-order valence-corrected chi connectivity index (χ4v) is 4.87. The van der Waals surface area contributed by atoms with E-state index in [0.717, 1.165) is 30.9 Å². The summed E-state index contributed by atoms with van der Waals surface area (Å²) in [4.78, 5) is 15.7. The first-order valence-electron chi connectivity index (χ1n) is 7.40. The molecule has 3 heterocycles. The molecule has 2 aliphatic rings. The van der Waals surface area contributed by atoms with Crippen LogP contribution in [0.3, 0.4) is 0 Å². The lowest BCUT2D eigenvalue weighted by atomic mass is 9.97. The third-order valence-corrected chi connectivity index (χ3v) is 6.31. The Hall–Kier alpha value is -1.37. The van der Waals surface area contributed by atoms with Gasteiger partial charge >= 0.3 is 5.97 Å². The number of fused-ring (bicyclic) bond motifs is 1. The Kier molecular flexibility index (Phi) is 3.55. The van der Waals surface area contributed by atoms with Gasteiger partial charge in [0.25, 0.3) is 0 Å². The summed E-state index contributed by atoms with van der Waals surface area (Å²) < 4.78 is 25.2. The molecule has 6 nitrogen and oxygen atoms in total. The maximum Gasteiger partial charge on any atom is 0.356 e. The lowest BCUT2D eigenvalue weighted by molar-refractivity contribution is 0.0689. The molecule has 1 saturated heterocycles. The van der Waals surface area contributed by atoms with Crippen molar-refractivity contribution in [1.29, 1.82) is 0 Å². The highest BCUT2D eigenvalue weighted by Gasteiger charge is 2.33. The Morgan fingerprint density at radius 2 is 1.95 bits per heavy atom. The molecule has 21 heavy (non-hydrogen) atoms. The number of hydrogen-bond acceptors (Lipinski definition) is 4. The van der Waals surface area contributed by atoms with Crippen LogP contribution in [0.1, 0.15) is 54.1 Å². The molecule has 0 amide bonds. The van der Waals surface area contributed by atoms with Crippen molar-refractivity contribution >= 4 is 15.8 Å². The SMILES string of the molecule is CC1CCc2c(C(=O)O)nc(C3CCS(=O)(=O)CC3)n2C1. The summed E-state index contributed by atoms with van der Waals surface area (Å²) in [6.07, 6.45) is 2.81. The molecular weight excluding hydrogens is 292 g/mol. The molecule has 0 aliphatic carbocycles. The monoisotopic (exact) mass is 312 g/mol. The molecule has 3 rings (SSSR count). The van der Waals surface area contributed by atoms with Crippen LogP contribution < -0.4 is 0 Å². The Labute approximate surface area is 124 Å². The van der Waals surface area contributed by atoms with E-state index in [1.165, 1.54) is 0 Å². The zero-order chi connectivity index (χ0) is 15.2. The fourth-order valence-electron chi connectivity index (χ4n) is 3.38. The molecule has 116 valence electrons. The van der Waals surface area contributed by atoms with Crippen LogP contribution in [0.25, 0.3) is 0 Å². The first-order chi connectivity index (χ1) is 9.87. The minimum absolute atomic E-state index is 0.0608. The van der Waals surface area contributed by atoms with Crippen LogP contribution in [0.5, 0.6) is 0 Å². The number of rotatable bonds is 2. The van der Waals surface area contributed by atoms with Gasteiger partial charge < -0.3 is 9.67 Å². The Bertz CT molecular complexity index is 663. The number of nitrogens with zero attached hydrogens (tertiary/aromatic N) is 2. The molecule has 0 aromatic carbocycles. The summed E-state index contributed by atoms with van der Waals surface area (Å²) in [7, 11) is -2.92. The van der Waals surface area contributed by atoms with Crippen molar-refractivity contribution in [3.63, 3.8) is 0 Å². The summed E-state index contributed by atoms with van der Waals surface area (Å²) in [6, 6.07) is 0. The van der Waals surface area contributed by atoms with Crippen LogP contribution in [-0.2, 0) is 22.8 Å². The van der Waals surface area contributed by atoms with Crippen LogP contribution in [0, 0.1) is 5.92 Å². The van der Waals surface area contributed by atoms with Crippen molar-refractivity contribution in [3.8, 4) is 0 Å². The normalized spacial score (nSPS) is 25.5. The van der Waals surface area contributed by atoms with Crippen molar-refractivity contribution in [3.05, 3.63) is 17.2 Å². The molecule has 0 radical (unpaired) electrons. The molecule has 0 saturated carbocycles. The van der Waals surface area contributed by atoms with Crippen molar-refractivity contribution in [1.82, 2.24) is 9.55 Å². The van der Waals surface area contributed by atoms with Crippen molar-refractivity contribution in [2.24, 2.45) is 5.92 Å². The van der Waals surface area contributed by atoms with Gasteiger partial charge in [0.1, 0.15) is 15.7 Å². The van der Waals surface area contributed by atoms with E-state index in [1.807, 2.05) is 4.57 Å². The highest BCUT2D eigenvalue weighted by Crippen LogP contribution is 2.33. The molecule has 1 unspecified atom stereocenters. The maximum absolute atomic E-state index is 11.6. The van der Waals surface area contributed by atoms with E-state index in [1.54, 1.807) is 0 Å². The Morgan fingerprint density at radius 1 is 1.29 bits per heavy atom. The number of aromatic nitrogens is 2. The van der Waals surface area contributed by atoms with E-state index in [2.05, 4.69) is 11.9 Å². The van der Waals surface area contributed by atoms with E-state index in [0.29, 0.717) is 18.8 Å². The third-order valence-electron chi connectivity index (χ3n) is 4.59. The van der Waals surface area contributed by atoms with E-state index < -0.39 is 15.8 Å². The van der Waals surface area contributed by atoms with Crippen molar-refractivity contribution in [2.75, 3.05) is 11.5 Å². The molecule has 1 atom stereocenters. The Balaban J connectivity index is 1.97. The van der Waals surface area contributed by atoms with Crippen LogP contribution >= 0.6 is 0 Å². The summed E-state index contributed by atoms with van der Waals surface area (Å²) in [5, 5.41) is 9.33. The molecule has 1 fully saturated rings. The van der Waals surface area contributed by atoms with Crippen LogP contribution in [-0.4, -0.2) is 40.6 Å².